The van der Waals surface area contributed by atoms with Crippen LogP contribution >= 0.6 is 27.5 Å². The van der Waals surface area contributed by atoms with E-state index >= 15 is 0 Å². The predicted molar refractivity (Wildman–Crippen MR) is 51.2 cm³/mol. The molecule has 0 heterocycles. The third kappa shape index (κ3) is 2.97. The highest BCUT2D eigenvalue weighted by atomic mass is 79.9. The van der Waals surface area contributed by atoms with Crippen LogP contribution in [0.2, 0.25) is 0 Å². The van der Waals surface area contributed by atoms with Gasteiger partial charge < -0.3 is 4.74 Å². The summed E-state index contributed by atoms with van der Waals surface area (Å²) < 4.78 is 5.40. The number of alkyl halides is 2. The van der Waals surface area contributed by atoms with E-state index < -0.39 is 5.06 Å². The summed E-state index contributed by atoms with van der Waals surface area (Å²) in [7, 11) is 0. The first-order valence-corrected chi connectivity index (χ1v) is 5.00. The van der Waals surface area contributed by atoms with Crippen LogP contribution in [0.1, 0.15) is 6.42 Å². The molecule has 0 amide bonds. The Bertz CT molecular complexity index is 179. The van der Waals surface area contributed by atoms with Gasteiger partial charge >= 0.3 is 0 Å². The van der Waals surface area contributed by atoms with E-state index in [4.69, 9.17) is 16.3 Å². The molecule has 11 heavy (non-hydrogen) atoms. The van der Waals surface area contributed by atoms with Gasteiger partial charge in [0.05, 0.1) is 6.61 Å². The highest BCUT2D eigenvalue weighted by Crippen LogP contribution is 2.26. The molecule has 0 aromatic carbocycles. The van der Waals surface area contributed by atoms with E-state index in [-0.39, 0.29) is 0 Å². The molecule has 1 atom stereocenters. The summed E-state index contributed by atoms with van der Waals surface area (Å²) in [6.45, 7) is 0.641. The van der Waals surface area contributed by atoms with Crippen molar-refractivity contribution < 1.29 is 4.74 Å². The number of allylic oxidation sites excluding steroid dienone is 2. The molecule has 0 saturated carbocycles. The highest BCUT2D eigenvalue weighted by Gasteiger charge is 2.23. The Kier molecular flexibility index (Phi) is 3.63. The normalized spacial score (nSPS) is 29.3. The highest BCUT2D eigenvalue weighted by molar-refractivity contribution is 9.09. The maximum atomic E-state index is 6.07. The summed E-state index contributed by atoms with van der Waals surface area (Å²) in [5, 5.41) is 0.224. The minimum Gasteiger partial charge on any atom is -0.355 e. The van der Waals surface area contributed by atoms with E-state index in [0.29, 0.717) is 6.61 Å². The van der Waals surface area contributed by atoms with E-state index in [0.717, 1.165) is 11.8 Å². The van der Waals surface area contributed by atoms with Gasteiger partial charge in [-0.2, -0.15) is 0 Å². The van der Waals surface area contributed by atoms with Crippen molar-refractivity contribution >= 4 is 27.5 Å². The summed E-state index contributed by atoms with van der Waals surface area (Å²) in [5.41, 5.74) is 0. The largest absolute Gasteiger partial charge is 0.355 e. The molecule has 1 unspecified atom stereocenters. The van der Waals surface area contributed by atoms with Crippen molar-refractivity contribution in [1.82, 2.24) is 0 Å². The molecular weight excluding hydrogens is 227 g/mol. The van der Waals surface area contributed by atoms with Crippen molar-refractivity contribution in [1.29, 1.82) is 0 Å². The molecule has 0 bridgehead atoms. The molecule has 1 aliphatic rings. The standard InChI is InChI=1S/C8H10BrClO/c9-6-7-11-8(10)4-2-1-3-5-8/h1-4H,5-7H2. The molecule has 0 aliphatic heterocycles. The van der Waals surface area contributed by atoms with Gasteiger partial charge in [-0.25, -0.2) is 0 Å². The Labute approximate surface area is 80.2 Å². The molecule has 0 N–H and O–H groups in total. The predicted octanol–water partition coefficient (Wildman–Crippen LogP) is 2.85. The first kappa shape index (κ1) is 9.30. The number of halogens is 2. The van der Waals surface area contributed by atoms with Crippen LogP contribution in [-0.2, 0) is 4.74 Å². The minimum absolute atomic E-state index is 0.595. The van der Waals surface area contributed by atoms with Crippen LogP contribution in [0.4, 0.5) is 0 Å². The van der Waals surface area contributed by atoms with Crippen LogP contribution in [-0.4, -0.2) is 17.0 Å². The van der Waals surface area contributed by atoms with Gasteiger partial charge in [0.1, 0.15) is 0 Å². The Morgan fingerprint density at radius 3 is 2.91 bits per heavy atom. The quantitative estimate of drug-likeness (QED) is 0.686. The zero-order chi connectivity index (χ0) is 8.16. The molecular formula is C8H10BrClO. The van der Waals surface area contributed by atoms with Crippen molar-refractivity contribution in [3.05, 3.63) is 24.3 Å². The van der Waals surface area contributed by atoms with E-state index in [2.05, 4.69) is 15.9 Å². The number of hydrogen-bond donors (Lipinski definition) is 0. The molecule has 1 aliphatic carbocycles. The summed E-state index contributed by atoms with van der Waals surface area (Å²) in [5.74, 6) is 0. The Morgan fingerprint density at radius 2 is 2.36 bits per heavy atom. The fourth-order valence-corrected chi connectivity index (χ4v) is 1.29. The SMILES string of the molecule is ClC1(OCCBr)C=CC=CC1. The third-order valence-electron chi connectivity index (χ3n) is 1.41. The number of hydrogen-bond acceptors (Lipinski definition) is 1. The lowest BCUT2D eigenvalue weighted by Gasteiger charge is -2.23. The summed E-state index contributed by atoms with van der Waals surface area (Å²) in [4.78, 5) is 0. The van der Waals surface area contributed by atoms with E-state index in [1.807, 2.05) is 24.3 Å². The molecule has 0 saturated heterocycles. The summed E-state index contributed by atoms with van der Waals surface area (Å²) >= 11 is 9.35. The first-order chi connectivity index (χ1) is 5.27. The van der Waals surface area contributed by atoms with Crippen LogP contribution in [0.3, 0.4) is 0 Å². The topological polar surface area (TPSA) is 9.23 Å². The van der Waals surface area contributed by atoms with Crippen molar-refractivity contribution in [3.63, 3.8) is 0 Å². The summed E-state index contributed by atoms with van der Waals surface area (Å²) in [6, 6.07) is 0. The third-order valence-corrected chi connectivity index (χ3v) is 2.12. The average Bonchev–Trinajstić information content (AvgIpc) is 2.03. The molecule has 0 radical (unpaired) electrons. The fourth-order valence-electron chi connectivity index (χ4n) is 0.890. The molecule has 0 fully saturated rings. The van der Waals surface area contributed by atoms with E-state index in [1.165, 1.54) is 0 Å². The Morgan fingerprint density at radius 1 is 1.55 bits per heavy atom. The summed E-state index contributed by atoms with van der Waals surface area (Å²) in [6.07, 6.45) is 8.50. The van der Waals surface area contributed by atoms with E-state index in [1.54, 1.807) is 0 Å². The van der Waals surface area contributed by atoms with E-state index in [9.17, 15) is 0 Å². The number of ether oxygens (including phenoxy) is 1. The van der Waals surface area contributed by atoms with Gasteiger partial charge in [0.2, 0.25) is 0 Å². The number of rotatable bonds is 3. The molecule has 0 spiro atoms. The van der Waals surface area contributed by atoms with Gasteiger partial charge in [0.25, 0.3) is 0 Å². The zero-order valence-corrected chi connectivity index (χ0v) is 8.44. The second kappa shape index (κ2) is 4.29. The molecule has 3 heteroatoms. The van der Waals surface area contributed by atoms with Crippen LogP contribution < -0.4 is 0 Å². The average molecular weight is 238 g/mol. The zero-order valence-electron chi connectivity index (χ0n) is 6.09. The molecule has 62 valence electrons. The second-order valence-corrected chi connectivity index (χ2v) is 3.75. The molecule has 1 nitrogen and oxygen atoms in total. The van der Waals surface area contributed by atoms with Crippen LogP contribution in [0.25, 0.3) is 0 Å². The minimum atomic E-state index is -0.595. The van der Waals surface area contributed by atoms with Gasteiger partial charge in [0.15, 0.2) is 5.06 Å². The molecule has 1 rings (SSSR count). The lowest BCUT2D eigenvalue weighted by Crippen LogP contribution is -2.24. The smallest absolute Gasteiger partial charge is 0.164 e. The van der Waals surface area contributed by atoms with Gasteiger partial charge in [-0.1, -0.05) is 45.8 Å². The second-order valence-electron chi connectivity index (χ2n) is 2.32. The van der Waals surface area contributed by atoms with Crippen LogP contribution in [0, 0.1) is 0 Å². The monoisotopic (exact) mass is 236 g/mol. The maximum absolute atomic E-state index is 6.07. The van der Waals surface area contributed by atoms with Crippen LogP contribution in [0.5, 0.6) is 0 Å². The van der Waals surface area contributed by atoms with Crippen molar-refractivity contribution in [2.75, 3.05) is 11.9 Å². The molecule has 0 aromatic heterocycles. The van der Waals surface area contributed by atoms with Gasteiger partial charge in [-0.15, -0.1) is 0 Å². The van der Waals surface area contributed by atoms with Crippen molar-refractivity contribution in [3.8, 4) is 0 Å². The Hall–Kier alpha value is 0.210. The van der Waals surface area contributed by atoms with Crippen molar-refractivity contribution in [2.45, 2.75) is 11.5 Å². The first-order valence-electron chi connectivity index (χ1n) is 3.50. The van der Waals surface area contributed by atoms with Gasteiger partial charge in [-0.3, -0.25) is 0 Å². The van der Waals surface area contributed by atoms with Gasteiger partial charge in [0, 0.05) is 11.8 Å². The van der Waals surface area contributed by atoms with Gasteiger partial charge in [-0.05, 0) is 6.08 Å². The fraction of sp³-hybridized carbons (Fsp3) is 0.500. The lowest BCUT2D eigenvalue weighted by molar-refractivity contribution is 0.0675. The van der Waals surface area contributed by atoms with Crippen LogP contribution in [0.15, 0.2) is 24.3 Å². The van der Waals surface area contributed by atoms with Crippen molar-refractivity contribution in [2.24, 2.45) is 0 Å². The Balaban J connectivity index is 2.40. The molecule has 0 aromatic rings. The lowest BCUT2D eigenvalue weighted by atomic mass is 10.1. The maximum Gasteiger partial charge on any atom is 0.164 e.